The number of nitrogens with zero attached hydrogens (tertiary/aromatic N) is 1. The molecule has 3 heteroatoms. The molecule has 0 spiro atoms. The van der Waals surface area contributed by atoms with Crippen molar-refractivity contribution in [2.24, 2.45) is 0 Å². The van der Waals surface area contributed by atoms with Gasteiger partial charge in [-0.25, -0.2) is 0 Å². The van der Waals surface area contributed by atoms with Crippen LogP contribution in [0.5, 0.6) is 0 Å². The minimum absolute atomic E-state index is 0.0395. The predicted octanol–water partition coefficient (Wildman–Crippen LogP) is 2.72. The zero-order valence-corrected chi connectivity index (χ0v) is 12.2. The predicted molar refractivity (Wildman–Crippen MR) is 76.6 cm³/mol. The molecule has 0 aromatic heterocycles. The standard InChI is InChI=1S/C15H28N2O/c1-5-17(12-13(2)3)14(18)11-15(16-4)9-7-6-8-10-15/h16H,2,5-12H2,1,3-4H3. The number of hydrogen-bond acceptors (Lipinski definition) is 2. The zero-order chi connectivity index (χ0) is 13.6. The smallest absolute Gasteiger partial charge is 0.224 e. The Morgan fingerprint density at radius 3 is 2.39 bits per heavy atom. The first-order valence-corrected chi connectivity index (χ1v) is 7.14. The molecular weight excluding hydrogens is 224 g/mol. The maximum Gasteiger partial charge on any atom is 0.224 e. The monoisotopic (exact) mass is 252 g/mol. The second-order valence-electron chi connectivity index (χ2n) is 5.63. The summed E-state index contributed by atoms with van der Waals surface area (Å²) in [5.74, 6) is 0.261. The number of carbonyl (C=O) groups is 1. The number of rotatable bonds is 6. The highest BCUT2D eigenvalue weighted by Gasteiger charge is 2.33. The van der Waals surface area contributed by atoms with E-state index >= 15 is 0 Å². The van der Waals surface area contributed by atoms with Crippen molar-refractivity contribution in [3.63, 3.8) is 0 Å². The average molecular weight is 252 g/mol. The molecular formula is C15H28N2O. The minimum Gasteiger partial charge on any atom is -0.339 e. The molecule has 0 atom stereocenters. The molecule has 104 valence electrons. The van der Waals surface area contributed by atoms with E-state index in [0.717, 1.165) is 25.0 Å². The van der Waals surface area contributed by atoms with Crippen LogP contribution in [0.2, 0.25) is 0 Å². The van der Waals surface area contributed by atoms with Gasteiger partial charge in [0.2, 0.25) is 5.91 Å². The van der Waals surface area contributed by atoms with E-state index < -0.39 is 0 Å². The first kappa shape index (κ1) is 15.2. The Morgan fingerprint density at radius 2 is 1.94 bits per heavy atom. The molecule has 1 N–H and O–H groups in total. The van der Waals surface area contributed by atoms with Gasteiger partial charge in [-0.05, 0) is 33.7 Å². The van der Waals surface area contributed by atoms with Gasteiger partial charge in [0, 0.05) is 25.0 Å². The minimum atomic E-state index is 0.0395. The fourth-order valence-corrected chi connectivity index (χ4v) is 2.85. The van der Waals surface area contributed by atoms with Gasteiger partial charge in [-0.2, -0.15) is 0 Å². The molecule has 0 radical (unpaired) electrons. The number of nitrogens with one attached hydrogen (secondary N) is 1. The van der Waals surface area contributed by atoms with Crippen molar-refractivity contribution in [3.8, 4) is 0 Å². The molecule has 0 heterocycles. The quantitative estimate of drug-likeness (QED) is 0.737. The molecule has 18 heavy (non-hydrogen) atoms. The summed E-state index contributed by atoms with van der Waals surface area (Å²) in [6.45, 7) is 9.37. The molecule has 3 nitrogen and oxygen atoms in total. The first-order valence-electron chi connectivity index (χ1n) is 7.14. The summed E-state index contributed by atoms with van der Waals surface area (Å²) >= 11 is 0. The van der Waals surface area contributed by atoms with E-state index in [0.29, 0.717) is 13.0 Å². The van der Waals surface area contributed by atoms with Gasteiger partial charge in [-0.15, -0.1) is 0 Å². The summed E-state index contributed by atoms with van der Waals surface area (Å²) < 4.78 is 0. The molecule has 1 amide bonds. The van der Waals surface area contributed by atoms with Gasteiger partial charge in [0.25, 0.3) is 0 Å². The van der Waals surface area contributed by atoms with Crippen LogP contribution in [0.25, 0.3) is 0 Å². The lowest BCUT2D eigenvalue weighted by atomic mass is 9.79. The van der Waals surface area contributed by atoms with E-state index in [-0.39, 0.29) is 11.4 Å². The number of amides is 1. The van der Waals surface area contributed by atoms with Crippen LogP contribution in [-0.4, -0.2) is 36.5 Å². The maximum absolute atomic E-state index is 12.4. The highest BCUT2D eigenvalue weighted by Crippen LogP contribution is 2.31. The molecule has 1 aliphatic carbocycles. The fourth-order valence-electron chi connectivity index (χ4n) is 2.85. The second-order valence-corrected chi connectivity index (χ2v) is 5.63. The van der Waals surface area contributed by atoms with Crippen LogP contribution in [0.4, 0.5) is 0 Å². The summed E-state index contributed by atoms with van der Waals surface area (Å²) in [4.78, 5) is 14.3. The maximum atomic E-state index is 12.4. The molecule has 0 aromatic carbocycles. The van der Waals surface area contributed by atoms with Crippen LogP contribution in [0, 0.1) is 0 Å². The lowest BCUT2D eigenvalue weighted by Gasteiger charge is -2.38. The second kappa shape index (κ2) is 6.93. The van der Waals surface area contributed by atoms with Crippen LogP contribution in [0.15, 0.2) is 12.2 Å². The van der Waals surface area contributed by atoms with Crippen LogP contribution < -0.4 is 5.32 Å². The highest BCUT2D eigenvalue weighted by atomic mass is 16.2. The Balaban J connectivity index is 2.62. The van der Waals surface area contributed by atoms with E-state index in [9.17, 15) is 4.79 Å². The lowest BCUT2D eigenvalue weighted by molar-refractivity contribution is -0.132. The van der Waals surface area contributed by atoms with Crippen molar-refractivity contribution in [3.05, 3.63) is 12.2 Å². The summed E-state index contributed by atoms with van der Waals surface area (Å²) in [6.07, 6.45) is 6.66. The van der Waals surface area contributed by atoms with E-state index in [1.807, 2.05) is 25.8 Å². The summed E-state index contributed by atoms with van der Waals surface area (Å²) in [7, 11) is 1.99. The third-order valence-corrected chi connectivity index (χ3v) is 4.03. The molecule has 1 fully saturated rings. The third-order valence-electron chi connectivity index (χ3n) is 4.03. The van der Waals surface area contributed by atoms with E-state index in [1.54, 1.807) is 0 Å². The Kier molecular flexibility index (Phi) is 5.86. The third kappa shape index (κ3) is 4.13. The summed E-state index contributed by atoms with van der Waals surface area (Å²) in [5.41, 5.74) is 1.09. The van der Waals surface area contributed by atoms with Crippen LogP contribution in [-0.2, 0) is 4.79 Å². The SMILES string of the molecule is C=C(C)CN(CC)C(=O)CC1(NC)CCCCC1. The van der Waals surface area contributed by atoms with Gasteiger partial charge in [0.05, 0.1) is 0 Å². The molecule has 1 saturated carbocycles. The van der Waals surface area contributed by atoms with E-state index in [4.69, 9.17) is 0 Å². The Morgan fingerprint density at radius 1 is 1.33 bits per heavy atom. The Hall–Kier alpha value is -0.830. The summed E-state index contributed by atoms with van der Waals surface area (Å²) in [5, 5.41) is 3.41. The molecule has 0 aromatic rings. The van der Waals surface area contributed by atoms with Gasteiger partial charge in [0.1, 0.15) is 0 Å². The van der Waals surface area contributed by atoms with Crippen molar-refractivity contribution in [2.75, 3.05) is 20.1 Å². The van der Waals surface area contributed by atoms with Crippen molar-refractivity contribution < 1.29 is 4.79 Å². The molecule has 0 bridgehead atoms. The van der Waals surface area contributed by atoms with E-state index in [1.165, 1.54) is 19.3 Å². The van der Waals surface area contributed by atoms with Crippen molar-refractivity contribution >= 4 is 5.91 Å². The van der Waals surface area contributed by atoms with Crippen molar-refractivity contribution in [2.45, 2.75) is 57.9 Å². The van der Waals surface area contributed by atoms with Gasteiger partial charge in [-0.1, -0.05) is 31.4 Å². The normalized spacial score (nSPS) is 18.4. The van der Waals surface area contributed by atoms with E-state index in [2.05, 4.69) is 11.9 Å². The van der Waals surface area contributed by atoms with Gasteiger partial charge in [0.15, 0.2) is 0 Å². The van der Waals surface area contributed by atoms with Crippen LogP contribution in [0.1, 0.15) is 52.4 Å². The number of likely N-dealkylation sites (N-methyl/N-ethyl adjacent to an activating group) is 1. The molecule has 0 unspecified atom stereocenters. The van der Waals surface area contributed by atoms with Gasteiger partial charge >= 0.3 is 0 Å². The number of hydrogen-bond donors (Lipinski definition) is 1. The molecule has 1 aliphatic rings. The number of carbonyl (C=O) groups excluding carboxylic acids is 1. The molecule has 1 rings (SSSR count). The van der Waals surface area contributed by atoms with Gasteiger partial charge < -0.3 is 10.2 Å². The van der Waals surface area contributed by atoms with Crippen LogP contribution >= 0.6 is 0 Å². The molecule has 0 saturated heterocycles. The average Bonchev–Trinajstić information content (AvgIpc) is 2.36. The van der Waals surface area contributed by atoms with Gasteiger partial charge in [-0.3, -0.25) is 4.79 Å². The largest absolute Gasteiger partial charge is 0.339 e. The zero-order valence-electron chi connectivity index (χ0n) is 12.2. The fraction of sp³-hybridized carbons (Fsp3) is 0.800. The Bertz CT molecular complexity index is 293. The van der Waals surface area contributed by atoms with Crippen molar-refractivity contribution in [1.29, 1.82) is 0 Å². The summed E-state index contributed by atoms with van der Waals surface area (Å²) in [6, 6.07) is 0. The van der Waals surface area contributed by atoms with Crippen molar-refractivity contribution in [1.82, 2.24) is 10.2 Å². The topological polar surface area (TPSA) is 32.3 Å². The molecule has 0 aliphatic heterocycles. The first-order chi connectivity index (χ1) is 8.53. The highest BCUT2D eigenvalue weighted by molar-refractivity contribution is 5.77. The van der Waals surface area contributed by atoms with Crippen LogP contribution in [0.3, 0.4) is 0 Å². The Labute approximate surface area is 112 Å². The lowest BCUT2D eigenvalue weighted by Crippen LogP contribution is -2.49.